The van der Waals surface area contributed by atoms with E-state index < -0.39 is 0 Å². The number of amides is 1. The first kappa shape index (κ1) is 14.0. The Kier molecular flexibility index (Phi) is 3.12. The molecule has 2 fully saturated rings. The molecule has 2 atom stereocenters. The molecule has 0 spiro atoms. The lowest BCUT2D eigenvalue weighted by Crippen LogP contribution is -2.47. The summed E-state index contributed by atoms with van der Waals surface area (Å²) in [6.45, 7) is 0. The SMILES string of the molecule is O=C(c1ccc2nsnc2c1)N1C2CCC1CC(n1nccn1)C2. The minimum atomic E-state index is 0.115. The highest BCUT2D eigenvalue weighted by molar-refractivity contribution is 7.00. The highest BCUT2D eigenvalue weighted by Gasteiger charge is 2.44. The zero-order chi connectivity index (χ0) is 16.1. The van der Waals surface area contributed by atoms with Crippen LogP contribution in [0.1, 0.15) is 42.1 Å². The Labute approximate surface area is 142 Å². The minimum absolute atomic E-state index is 0.115. The Bertz CT molecular complexity index is 877. The third-order valence-electron chi connectivity index (χ3n) is 5.21. The molecule has 3 aromatic rings. The van der Waals surface area contributed by atoms with Gasteiger partial charge in [-0.2, -0.15) is 23.7 Å². The van der Waals surface area contributed by atoms with E-state index in [-0.39, 0.29) is 18.0 Å². The molecular weight excluding hydrogens is 324 g/mol. The predicted octanol–water partition coefficient (Wildman–Crippen LogP) is 2.29. The highest BCUT2D eigenvalue weighted by atomic mass is 32.1. The lowest BCUT2D eigenvalue weighted by atomic mass is 9.96. The third kappa shape index (κ3) is 2.13. The molecule has 2 aliphatic rings. The molecule has 7 nitrogen and oxygen atoms in total. The Morgan fingerprint density at radius 3 is 2.46 bits per heavy atom. The summed E-state index contributed by atoms with van der Waals surface area (Å²) in [5, 5.41) is 8.56. The fourth-order valence-corrected chi connectivity index (χ4v) is 4.66. The molecule has 2 unspecified atom stereocenters. The first-order chi connectivity index (χ1) is 11.8. The second-order valence-electron chi connectivity index (χ2n) is 6.54. The van der Waals surface area contributed by atoms with Crippen LogP contribution in [-0.2, 0) is 0 Å². The van der Waals surface area contributed by atoms with Gasteiger partial charge in [-0.25, -0.2) is 0 Å². The Balaban J connectivity index is 1.42. The molecule has 0 N–H and O–H groups in total. The number of nitrogens with zero attached hydrogens (tertiary/aromatic N) is 6. The molecule has 0 aliphatic carbocycles. The van der Waals surface area contributed by atoms with Gasteiger partial charge in [-0.3, -0.25) is 4.79 Å². The molecule has 0 saturated carbocycles. The van der Waals surface area contributed by atoms with Gasteiger partial charge in [0, 0.05) is 17.6 Å². The van der Waals surface area contributed by atoms with E-state index in [9.17, 15) is 4.79 Å². The number of carbonyl (C=O) groups is 1. The van der Waals surface area contributed by atoms with Crippen LogP contribution < -0.4 is 0 Å². The molecule has 1 amide bonds. The van der Waals surface area contributed by atoms with Crippen molar-refractivity contribution in [2.75, 3.05) is 0 Å². The maximum Gasteiger partial charge on any atom is 0.254 e. The van der Waals surface area contributed by atoms with Gasteiger partial charge in [0.2, 0.25) is 0 Å². The summed E-state index contributed by atoms with van der Waals surface area (Å²) < 4.78 is 8.45. The molecule has 1 aromatic carbocycles. The second kappa shape index (κ2) is 5.34. The summed E-state index contributed by atoms with van der Waals surface area (Å²) in [4.78, 5) is 17.0. The fourth-order valence-electron chi connectivity index (χ4n) is 4.15. The van der Waals surface area contributed by atoms with Gasteiger partial charge in [0.25, 0.3) is 5.91 Å². The Hall–Kier alpha value is -2.35. The van der Waals surface area contributed by atoms with Crippen molar-refractivity contribution in [3.63, 3.8) is 0 Å². The predicted molar refractivity (Wildman–Crippen MR) is 88.7 cm³/mol. The summed E-state index contributed by atoms with van der Waals surface area (Å²) in [5.41, 5.74) is 2.36. The number of piperidine rings is 1. The van der Waals surface area contributed by atoms with Gasteiger partial charge >= 0.3 is 0 Å². The largest absolute Gasteiger partial charge is 0.333 e. The number of aromatic nitrogens is 5. The minimum Gasteiger partial charge on any atom is -0.333 e. The molecule has 2 saturated heterocycles. The topological polar surface area (TPSA) is 76.8 Å². The van der Waals surface area contributed by atoms with Gasteiger partial charge in [0.15, 0.2) is 0 Å². The monoisotopic (exact) mass is 340 g/mol. The molecular formula is C16H16N6OS. The van der Waals surface area contributed by atoms with Gasteiger partial charge in [-0.1, -0.05) is 0 Å². The van der Waals surface area contributed by atoms with E-state index >= 15 is 0 Å². The van der Waals surface area contributed by atoms with E-state index in [0.29, 0.717) is 11.6 Å². The van der Waals surface area contributed by atoms with Crippen LogP contribution in [-0.4, -0.2) is 46.6 Å². The van der Waals surface area contributed by atoms with E-state index in [2.05, 4.69) is 23.8 Å². The highest BCUT2D eigenvalue weighted by Crippen LogP contribution is 2.41. The van der Waals surface area contributed by atoms with Crippen LogP contribution in [0.25, 0.3) is 11.0 Å². The van der Waals surface area contributed by atoms with E-state index in [1.165, 1.54) is 11.7 Å². The van der Waals surface area contributed by atoms with E-state index in [1.807, 2.05) is 18.2 Å². The Morgan fingerprint density at radius 1 is 1.00 bits per heavy atom. The van der Waals surface area contributed by atoms with Crippen molar-refractivity contribution in [2.45, 2.75) is 43.8 Å². The number of benzene rings is 1. The number of fused-ring (bicyclic) bond motifs is 3. The van der Waals surface area contributed by atoms with Crippen molar-refractivity contribution in [1.29, 1.82) is 0 Å². The molecule has 2 aromatic heterocycles. The summed E-state index contributed by atoms with van der Waals surface area (Å²) in [6, 6.07) is 6.46. The molecule has 122 valence electrons. The van der Waals surface area contributed by atoms with Crippen LogP contribution in [0.2, 0.25) is 0 Å². The van der Waals surface area contributed by atoms with Crippen molar-refractivity contribution in [3.05, 3.63) is 36.2 Å². The fraction of sp³-hybridized carbons (Fsp3) is 0.438. The van der Waals surface area contributed by atoms with Crippen molar-refractivity contribution in [2.24, 2.45) is 0 Å². The number of hydrogen-bond donors (Lipinski definition) is 0. The number of rotatable bonds is 2. The molecule has 4 heterocycles. The van der Waals surface area contributed by atoms with Crippen LogP contribution >= 0.6 is 11.7 Å². The lowest BCUT2D eigenvalue weighted by molar-refractivity contribution is 0.0512. The normalized spacial score (nSPS) is 26.2. The molecule has 5 rings (SSSR count). The van der Waals surface area contributed by atoms with Gasteiger partial charge in [-0.15, -0.1) is 0 Å². The zero-order valence-corrected chi connectivity index (χ0v) is 13.8. The Morgan fingerprint density at radius 2 is 1.71 bits per heavy atom. The average Bonchev–Trinajstić information content (AvgIpc) is 3.33. The number of hydrogen-bond acceptors (Lipinski definition) is 6. The van der Waals surface area contributed by atoms with Crippen molar-refractivity contribution < 1.29 is 4.79 Å². The van der Waals surface area contributed by atoms with Crippen LogP contribution in [0.3, 0.4) is 0 Å². The molecule has 24 heavy (non-hydrogen) atoms. The van der Waals surface area contributed by atoms with Crippen LogP contribution in [0, 0.1) is 0 Å². The first-order valence-corrected chi connectivity index (χ1v) is 8.93. The summed E-state index contributed by atoms with van der Waals surface area (Å²) in [7, 11) is 0. The average molecular weight is 340 g/mol. The van der Waals surface area contributed by atoms with E-state index in [0.717, 1.165) is 36.7 Å². The lowest BCUT2D eigenvalue weighted by Gasteiger charge is -2.38. The van der Waals surface area contributed by atoms with Gasteiger partial charge < -0.3 is 4.90 Å². The van der Waals surface area contributed by atoms with Crippen LogP contribution in [0.15, 0.2) is 30.6 Å². The summed E-state index contributed by atoms with van der Waals surface area (Å²) in [5.74, 6) is 0.115. The van der Waals surface area contributed by atoms with Crippen LogP contribution in [0.5, 0.6) is 0 Å². The van der Waals surface area contributed by atoms with Crippen molar-refractivity contribution >= 4 is 28.7 Å². The molecule has 2 aliphatic heterocycles. The third-order valence-corrected chi connectivity index (χ3v) is 5.76. The maximum atomic E-state index is 13.1. The van der Waals surface area contributed by atoms with E-state index in [1.54, 1.807) is 17.2 Å². The van der Waals surface area contributed by atoms with Crippen LogP contribution in [0.4, 0.5) is 0 Å². The van der Waals surface area contributed by atoms with Gasteiger partial charge in [0.1, 0.15) is 11.0 Å². The van der Waals surface area contributed by atoms with Crippen molar-refractivity contribution in [3.8, 4) is 0 Å². The van der Waals surface area contributed by atoms with E-state index in [4.69, 9.17) is 0 Å². The summed E-state index contributed by atoms with van der Waals surface area (Å²) in [6.07, 6.45) is 7.42. The van der Waals surface area contributed by atoms with Gasteiger partial charge in [-0.05, 0) is 43.9 Å². The molecule has 8 heteroatoms. The zero-order valence-electron chi connectivity index (χ0n) is 12.9. The molecule has 0 radical (unpaired) electrons. The maximum absolute atomic E-state index is 13.1. The second-order valence-corrected chi connectivity index (χ2v) is 7.07. The molecule has 2 bridgehead atoms. The van der Waals surface area contributed by atoms with Crippen molar-refractivity contribution in [1.82, 2.24) is 28.6 Å². The standard InChI is InChI=1S/C16H16N6OS/c23-16(10-1-4-14-15(7-10)20-24-19-14)21-11-2-3-12(21)9-13(8-11)22-17-5-6-18-22/h1,4-7,11-13H,2-3,8-9H2. The van der Waals surface area contributed by atoms with Gasteiger partial charge in [0.05, 0.1) is 30.2 Å². The quantitative estimate of drug-likeness (QED) is 0.715. The number of carbonyl (C=O) groups excluding carboxylic acids is 1. The smallest absolute Gasteiger partial charge is 0.254 e. The summed E-state index contributed by atoms with van der Waals surface area (Å²) >= 11 is 1.18. The first-order valence-electron chi connectivity index (χ1n) is 8.20.